The van der Waals surface area contributed by atoms with Gasteiger partial charge in [0.05, 0.1) is 28.6 Å². The molecule has 0 radical (unpaired) electrons. The van der Waals surface area contributed by atoms with Crippen LogP contribution < -0.4 is 16.0 Å². The maximum Gasteiger partial charge on any atom is 0.251 e. The first-order chi connectivity index (χ1) is 15.6. The molecule has 9 heteroatoms. The highest BCUT2D eigenvalue weighted by molar-refractivity contribution is 6.00. The molecule has 9 nitrogen and oxygen atoms in total. The van der Waals surface area contributed by atoms with Crippen molar-refractivity contribution in [3.05, 3.63) is 66.6 Å². The van der Waals surface area contributed by atoms with Crippen molar-refractivity contribution in [1.29, 1.82) is 0 Å². The number of hydrogen-bond donors (Lipinski definition) is 3. The van der Waals surface area contributed by atoms with Gasteiger partial charge >= 0.3 is 0 Å². The molecule has 160 valence electrons. The Kier molecular flexibility index (Phi) is 4.98. The van der Waals surface area contributed by atoms with Crippen molar-refractivity contribution < 1.29 is 9.59 Å². The standard InChI is InChI=1S/C23H21N7O2/c1-14(31)27-19-10-7-15(23(32)28-16-8-9-16)11-20(19)29-21-18-12-26-30(22(18)25-13-24-21)17-5-3-2-4-6-17/h2-7,10-13,16H,8-9H2,1H3,(H,27,31)(H,28,32)(H,24,25,29). The zero-order valence-electron chi connectivity index (χ0n) is 17.4. The van der Waals surface area contributed by atoms with E-state index in [0.717, 1.165) is 18.5 Å². The van der Waals surface area contributed by atoms with Gasteiger partial charge in [0.1, 0.15) is 12.1 Å². The number of hydrogen-bond acceptors (Lipinski definition) is 6. The van der Waals surface area contributed by atoms with E-state index in [0.29, 0.717) is 33.8 Å². The zero-order chi connectivity index (χ0) is 22.1. The van der Waals surface area contributed by atoms with Crippen LogP contribution in [0.3, 0.4) is 0 Å². The molecule has 0 unspecified atom stereocenters. The Morgan fingerprint density at radius 1 is 1.03 bits per heavy atom. The normalized spacial score (nSPS) is 13.0. The molecule has 1 aliphatic carbocycles. The van der Waals surface area contributed by atoms with Crippen LogP contribution in [-0.4, -0.2) is 37.6 Å². The van der Waals surface area contributed by atoms with Gasteiger partial charge in [-0.15, -0.1) is 0 Å². The van der Waals surface area contributed by atoms with Gasteiger partial charge in [-0.25, -0.2) is 14.6 Å². The van der Waals surface area contributed by atoms with Gasteiger partial charge in [0, 0.05) is 18.5 Å². The highest BCUT2D eigenvalue weighted by atomic mass is 16.2. The number of nitrogens with one attached hydrogen (secondary N) is 3. The van der Waals surface area contributed by atoms with Crippen LogP contribution in [0, 0.1) is 0 Å². The van der Waals surface area contributed by atoms with Gasteiger partial charge in [-0.1, -0.05) is 18.2 Å². The van der Waals surface area contributed by atoms with E-state index in [-0.39, 0.29) is 17.9 Å². The lowest BCUT2D eigenvalue weighted by molar-refractivity contribution is -0.114. The second-order valence-corrected chi connectivity index (χ2v) is 7.67. The minimum Gasteiger partial charge on any atom is -0.349 e. The van der Waals surface area contributed by atoms with E-state index in [9.17, 15) is 9.59 Å². The maximum atomic E-state index is 12.5. The van der Waals surface area contributed by atoms with E-state index in [1.807, 2.05) is 30.3 Å². The van der Waals surface area contributed by atoms with Crippen LogP contribution >= 0.6 is 0 Å². The number of amides is 2. The van der Waals surface area contributed by atoms with Crippen LogP contribution in [-0.2, 0) is 4.79 Å². The van der Waals surface area contributed by atoms with Crippen molar-refractivity contribution in [1.82, 2.24) is 25.1 Å². The molecule has 0 aliphatic heterocycles. The number of para-hydroxylation sites is 1. The molecule has 1 aliphatic rings. The lowest BCUT2D eigenvalue weighted by Gasteiger charge is -2.14. The zero-order valence-corrected chi connectivity index (χ0v) is 17.4. The molecule has 32 heavy (non-hydrogen) atoms. The Morgan fingerprint density at radius 2 is 1.84 bits per heavy atom. The average molecular weight is 427 g/mol. The molecule has 0 saturated heterocycles. The van der Waals surface area contributed by atoms with Gasteiger partial charge in [0.2, 0.25) is 5.91 Å². The van der Waals surface area contributed by atoms with Crippen LogP contribution in [0.4, 0.5) is 17.2 Å². The Hall–Kier alpha value is -4.27. The van der Waals surface area contributed by atoms with Crippen molar-refractivity contribution in [2.75, 3.05) is 10.6 Å². The Morgan fingerprint density at radius 3 is 2.59 bits per heavy atom. The summed E-state index contributed by atoms with van der Waals surface area (Å²) in [5, 5.41) is 14.2. The SMILES string of the molecule is CC(=O)Nc1ccc(C(=O)NC2CC2)cc1Nc1ncnc2c1cnn2-c1ccccc1. The van der Waals surface area contributed by atoms with Gasteiger partial charge in [-0.05, 0) is 43.2 Å². The highest BCUT2D eigenvalue weighted by Crippen LogP contribution is 2.30. The molecule has 2 amide bonds. The van der Waals surface area contributed by atoms with E-state index >= 15 is 0 Å². The third kappa shape index (κ3) is 4.00. The van der Waals surface area contributed by atoms with Crippen molar-refractivity contribution in [3.8, 4) is 5.69 Å². The summed E-state index contributed by atoms with van der Waals surface area (Å²) in [6.45, 7) is 1.43. The average Bonchev–Trinajstić information content (AvgIpc) is 3.50. The van der Waals surface area contributed by atoms with Crippen LogP contribution in [0.1, 0.15) is 30.1 Å². The van der Waals surface area contributed by atoms with Gasteiger partial charge in [-0.2, -0.15) is 5.10 Å². The summed E-state index contributed by atoms with van der Waals surface area (Å²) in [7, 11) is 0. The monoisotopic (exact) mass is 427 g/mol. The molecular weight excluding hydrogens is 406 g/mol. The minimum absolute atomic E-state index is 0.144. The number of carbonyl (C=O) groups excluding carboxylic acids is 2. The van der Waals surface area contributed by atoms with Crippen LogP contribution in [0.15, 0.2) is 61.1 Å². The number of anilines is 3. The smallest absolute Gasteiger partial charge is 0.251 e. The van der Waals surface area contributed by atoms with E-state index in [2.05, 4.69) is 31.0 Å². The Balaban J connectivity index is 1.52. The molecule has 0 bridgehead atoms. The third-order valence-corrected chi connectivity index (χ3v) is 5.12. The summed E-state index contributed by atoms with van der Waals surface area (Å²) in [4.78, 5) is 33.0. The fourth-order valence-electron chi connectivity index (χ4n) is 3.41. The van der Waals surface area contributed by atoms with E-state index in [1.54, 1.807) is 29.1 Å². The lowest BCUT2D eigenvalue weighted by atomic mass is 10.1. The second kappa shape index (κ2) is 8.10. The first-order valence-corrected chi connectivity index (χ1v) is 10.3. The molecule has 1 saturated carbocycles. The third-order valence-electron chi connectivity index (χ3n) is 5.12. The fourth-order valence-corrected chi connectivity index (χ4v) is 3.41. The van der Waals surface area contributed by atoms with E-state index < -0.39 is 0 Å². The van der Waals surface area contributed by atoms with Crippen molar-refractivity contribution >= 4 is 40.0 Å². The summed E-state index contributed by atoms with van der Waals surface area (Å²) in [5.41, 5.74) is 3.11. The first-order valence-electron chi connectivity index (χ1n) is 10.3. The molecule has 2 aromatic heterocycles. The molecule has 2 heterocycles. The molecule has 1 fully saturated rings. The predicted octanol–water partition coefficient (Wildman–Crippen LogP) is 3.41. The largest absolute Gasteiger partial charge is 0.349 e. The van der Waals surface area contributed by atoms with Gasteiger partial charge < -0.3 is 16.0 Å². The molecular formula is C23H21N7O2. The lowest BCUT2D eigenvalue weighted by Crippen LogP contribution is -2.25. The first kappa shape index (κ1) is 19.7. The van der Waals surface area contributed by atoms with Crippen molar-refractivity contribution in [3.63, 3.8) is 0 Å². The summed E-state index contributed by atoms with van der Waals surface area (Å²) >= 11 is 0. The molecule has 3 N–H and O–H groups in total. The van der Waals surface area contributed by atoms with Crippen LogP contribution in [0.5, 0.6) is 0 Å². The molecule has 4 aromatic rings. The summed E-state index contributed by atoms with van der Waals surface area (Å²) in [6, 6.07) is 15.0. The van der Waals surface area contributed by atoms with Crippen LogP contribution in [0.25, 0.3) is 16.7 Å². The van der Waals surface area contributed by atoms with Crippen molar-refractivity contribution in [2.45, 2.75) is 25.8 Å². The number of fused-ring (bicyclic) bond motifs is 1. The Labute approximate surface area is 183 Å². The quantitative estimate of drug-likeness (QED) is 0.435. The van der Waals surface area contributed by atoms with E-state index in [4.69, 9.17) is 0 Å². The number of benzene rings is 2. The predicted molar refractivity (Wildman–Crippen MR) is 121 cm³/mol. The number of carbonyl (C=O) groups is 2. The molecule has 5 rings (SSSR count). The summed E-state index contributed by atoms with van der Waals surface area (Å²) < 4.78 is 1.73. The molecule has 0 atom stereocenters. The van der Waals surface area contributed by atoms with Gasteiger partial charge in [0.15, 0.2) is 5.65 Å². The topological polar surface area (TPSA) is 114 Å². The second-order valence-electron chi connectivity index (χ2n) is 7.67. The van der Waals surface area contributed by atoms with Gasteiger partial charge in [-0.3, -0.25) is 9.59 Å². The highest BCUT2D eigenvalue weighted by Gasteiger charge is 2.24. The minimum atomic E-state index is -0.215. The summed E-state index contributed by atoms with van der Waals surface area (Å²) in [6.07, 6.45) is 5.15. The van der Waals surface area contributed by atoms with E-state index in [1.165, 1.54) is 13.3 Å². The maximum absolute atomic E-state index is 12.5. The van der Waals surface area contributed by atoms with Crippen molar-refractivity contribution in [2.24, 2.45) is 0 Å². The summed E-state index contributed by atoms with van der Waals surface area (Å²) in [5.74, 6) is 0.158. The number of aromatic nitrogens is 4. The Bertz CT molecular complexity index is 1310. The van der Waals surface area contributed by atoms with Crippen LogP contribution in [0.2, 0.25) is 0 Å². The molecule has 0 spiro atoms. The van der Waals surface area contributed by atoms with Gasteiger partial charge in [0.25, 0.3) is 5.91 Å². The fraction of sp³-hybridized carbons (Fsp3) is 0.174. The number of rotatable bonds is 6. The number of nitrogens with zero attached hydrogens (tertiary/aromatic N) is 4. The molecule has 2 aromatic carbocycles.